The van der Waals surface area contributed by atoms with E-state index in [4.69, 9.17) is 0 Å². The fourth-order valence-electron chi connectivity index (χ4n) is 2.71. The summed E-state index contributed by atoms with van der Waals surface area (Å²) >= 11 is 0. The quantitative estimate of drug-likeness (QED) is 0.739. The van der Waals surface area contributed by atoms with Gasteiger partial charge in [-0.25, -0.2) is 4.79 Å². The largest absolute Gasteiger partial charge is 0.478 e. The molecule has 0 aliphatic rings. The van der Waals surface area contributed by atoms with Crippen LogP contribution in [0, 0.1) is 6.92 Å². The third-order valence-electron chi connectivity index (χ3n) is 3.76. The maximum Gasteiger partial charge on any atom is 0.336 e. The summed E-state index contributed by atoms with van der Waals surface area (Å²) in [6.07, 6.45) is 0. The Hall–Kier alpha value is -2.94. The second-order valence-corrected chi connectivity index (χ2v) is 5.16. The zero-order valence-electron chi connectivity index (χ0n) is 12.0. The highest BCUT2D eigenvalue weighted by Gasteiger charge is 2.21. The molecule has 0 heterocycles. The van der Waals surface area contributed by atoms with E-state index in [2.05, 4.69) is 0 Å². The van der Waals surface area contributed by atoms with Gasteiger partial charge in [0.05, 0.1) is 5.56 Å². The number of hydrogen-bond donors (Lipinski definition) is 1. The molecular weight excluding hydrogens is 276 g/mol. The van der Waals surface area contributed by atoms with Crippen LogP contribution in [0.25, 0.3) is 10.8 Å². The Balaban J connectivity index is 2.25. The summed E-state index contributed by atoms with van der Waals surface area (Å²) in [5.74, 6) is -1.35. The molecule has 0 amide bonds. The van der Waals surface area contributed by atoms with Crippen molar-refractivity contribution in [2.45, 2.75) is 6.92 Å². The number of hydrogen-bond acceptors (Lipinski definition) is 2. The maximum absolute atomic E-state index is 12.9. The van der Waals surface area contributed by atoms with Crippen LogP contribution in [0.4, 0.5) is 0 Å². The SMILES string of the molecule is Cc1cccc(C(=O)O)c1C(=O)c1cccc2ccccc12. The number of aryl methyl sites for hydroxylation is 1. The number of rotatable bonds is 3. The Labute approximate surface area is 127 Å². The molecule has 0 bridgehead atoms. The van der Waals surface area contributed by atoms with E-state index in [0.29, 0.717) is 11.1 Å². The van der Waals surface area contributed by atoms with E-state index in [0.717, 1.165) is 10.8 Å². The summed E-state index contributed by atoms with van der Waals surface area (Å²) in [6, 6.07) is 17.9. The topological polar surface area (TPSA) is 54.4 Å². The van der Waals surface area contributed by atoms with E-state index in [1.165, 1.54) is 6.07 Å². The van der Waals surface area contributed by atoms with Crippen molar-refractivity contribution in [1.82, 2.24) is 0 Å². The fourth-order valence-corrected chi connectivity index (χ4v) is 2.71. The smallest absolute Gasteiger partial charge is 0.336 e. The summed E-state index contributed by atoms with van der Waals surface area (Å²) in [4.78, 5) is 24.4. The van der Waals surface area contributed by atoms with Gasteiger partial charge in [0.15, 0.2) is 5.78 Å². The molecule has 3 aromatic rings. The molecule has 3 rings (SSSR count). The minimum Gasteiger partial charge on any atom is -0.478 e. The van der Waals surface area contributed by atoms with Crippen molar-refractivity contribution >= 4 is 22.5 Å². The van der Waals surface area contributed by atoms with Gasteiger partial charge in [-0.3, -0.25) is 4.79 Å². The summed E-state index contributed by atoms with van der Waals surface area (Å²) in [5.41, 5.74) is 1.48. The van der Waals surface area contributed by atoms with Crippen LogP contribution >= 0.6 is 0 Å². The monoisotopic (exact) mass is 290 g/mol. The normalized spacial score (nSPS) is 10.6. The van der Waals surface area contributed by atoms with Crippen molar-refractivity contribution in [3.05, 3.63) is 82.9 Å². The highest BCUT2D eigenvalue weighted by molar-refractivity contribution is 6.20. The van der Waals surface area contributed by atoms with E-state index >= 15 is 0 Å². The second-order valence-electron chi connectivity index (χ2n) is 5.16. The fraction of sp³-hybridized carbons (Fsp3) is 0.0526. The number of carboxylic acids is 1. The molecule has 3 nitrogen and oxygen atoms in total. The molecule has 0 atom stereocenters. The van der Waals surface area contributed by atoms with Crippen LogP contribution in [-0.2, 0) is 0 Å². The highest BCUT2D eigenvalue weighted by atomic mass is 16.4. The molecule has 1 N–H and O–H groups in total. The van der Waals surface area contributed by atoms with Gasteiger partial charge >= 0.3 is 5.97 Å². The van der Waals surface area contributed by atoms with Gasteiger partial charge in [0.25, 0.3) is 0 Å². The summed E-state index contributed by atoms with van der Waals surface area (Å²) < 4.78 is 0. The highest BCUT2D eigenvalue weighted by Crippen LogP contribution is 2.24. The molecule has 0 spiro atoms. The minimum atomic E-state index is -1.09. The second kappa shape index (κ2) is 5.45. The van der Waals surface area contributed by atoms with Crippen molar-refractivity contribution in [3.63, 3.8) is 0 Å². The number of carboxylic acid groups (broad SMARTS) is 1. The Morgan fingerprint density at radius 2 is 1.45 bits per heavy atom. The first-order chi connectivity index (χ1) is 10.6. The Morgan fingerprint density at radius 3 is 2.23 bits per heavy atom. The Kier molecular flexibility index (Phi) is 3.47. The van der Waals surface area contributed by atoms with Crippen LogP contribution in [-0.4, -0.2) is 16.9 Å². The van der Waals surface area contributed by atoms with Gasteiger partial charge in [-0.2, -0.15) is 0 Å². The molecule has 0 aliphatic carbocycles. The average Bonchev–Trinajstić information content (AvgIpc) is 2.53. The lowest BCUT2D eigenvalue weighted by Gasteiger charge is -2.11. The van der Waals surface area contributed by atoms with Gasteiger partial charge in [-0.1, -0.05) is 54.6 Å². The number of ketones is 1. The molecule has 0 unspecified atom stereocenters. The van der Waals surface area contributed by atoms with E-state index in [1.807, 2.05) is 36.4 Å². The van der Waals surface area contributed by atoms with Crippen LogP contribution < -0.4 is 0 Å². The molecule has 3 aromatic carbocycles. The van der Waals surface area contributed by atoms with E-state index in [9.17, 15) is 14.7 Å². The van der Waals surface area contributed by atoms with Crippen LogP contribution in [0.2, 0.25) is 0 Å². The standard InChI is InChI=1S/C19H14O3/c1-12-6-4-11-16(19(21)22)17(12)18(20)15-10-5-8-13-7-2-3-9-14(13)15/h2-11H,1H3,(H,21,22). The number of fused-ring (bicyclic) bond motifs is 1. The molecule has 0 radical (unpaired) electrons. The third-order valence-corrected chi connectivity index (χ3v) is 3.76. The lowest BCUT2D eigenvalue weighted by atomic mass is 9.91. The van der Waals surface area contributed by atoms with Gasteiger partial charge in [0.2, 0.25) is 0 Å². The summed E-state index contributed by atoms with van der Waals surface area (Å²) in [5, 5.41) is 11.1. The number of aromatic carboxylic acids is 1. The molecule has 0 saturated heterocycles. The lowest BCUT2D eigenvalue weighted by Crippen LogP contribution is -2.12. The number of benzene rings is 3. The van der Waals surface area contributed by atoms with Crippen LogP contribution in [0.3, 0.4) is 0 Å². The Morgan fingerprint density at radius 1 is 0.818 bits per heavy atom. The van der Waals surface area contributed by atoms with Gasteiger partial charge in [0.1, 0.15) is 0 Å². The zero-order chi connectivity index (χ0) is 15.7. The minimum absolute atomic E-state index is 0.0398. The molecule has 0 aromatic heterocycles. The summed E-state index contributed by atoms with van der Waals surface area (Å²) in [7, 11) is 0. The first-order valence-corrected chi connectivity index (χ1v) is 6.95. The summed E-state index contributed by atoms with van der Waals surface area (Å²) in [6.45, 7) is 1.75. The van der Waals surface area contributed by atoms with Crippen molar-refractivity contribution in [3.8, 4) is 0 Å². The van der Waals surface area contributed by atoms with Gasteiger partial charge in [0, 0.05) is 11.1 Å². The third kappa shape index (κ3) is 2.27. The first kappa shape index (κ1) is 14.0. The van der Waals surface area contributed by atoms with Crippen LogP contribution in [0.15, 0.2) is 60.7 Å². The van der Waals surface area contributed by atoms with Gasteiger partial charge in [-0.15, -0.1) is 0 Å². The molecule has 3 heteroatoms. The zero-order valence-corrected chi connectivity index (χ0v) is 12.0. The van der Waals surface area contributed by atoms with E-state index in [-0.39, 0.29) is 16.9 Å². The van der Waals surface area contributed by atoms with Gasteiger partial charge < -0.3 is 5.11 Å². The molecule has 22 heavy (non-hydrogen) atoms. The van der Waals surface area contributed by atoms with E-state index < -0.39 is 5.97 Å². The average molecular weight is 290 g/mol. The van der Waals surface area contributed by atoms with Gasteiger partial charge in [-0.05, 0) is 29.3 Å². The molecule has 0 fully saturated rings. The maximum atomic E-state index is 12.9. The molecular formula is C19H14O3. The predicted molar refractivity (Wildman–Crippen MR) is 85.5 cm³/mol. The van der Waals surface area contributed by atoms with Crippen molar-refractivity contribution in [1.29, 1.82) is 0 Å². The molecule has 108 valence electrons. The number of carbonyl (C=O) groups is 2. The number of carbonyl (C=O) groups excluding carboxylic acids is 1. The molecule has 0 saturated carbocycles. The van der Waals surface area contributed by atoms with Crippen molar-refractivity contribution in [2.24, 2.45) is 0 Å². The van der Waals surface area contributed by atoms with Crippen molar-refractivity contribution in [2.75, 3.05) is 0 Å². The predicted octanol–water partition coefficient (Wildman–Crippen LogP) is 4.08. The lowest BCUT2D eigenvalue weighted by molar-refractivity contribution is 0.0692. The van der Waals surface area contributed by atoms with Crippen LogP contribution in [0.1, 0.15) is 31.8 Å². The Bertz CT molecular complexity index is 889. The first-order valence-electron chi connectivity index (χ1n) is 6.95. The van der Waals surface area contributed by atoms with E-state index in [1.54, 1.807) is 25.1 Å². The van der Waals surface area contributed by atoms with Crippen molar-refractivity contribution < 1.29 is 14.7 Å². The molecule has 0 aliphatic heterocycles. The van der Waals surface area contributed by atoms with Crippen LogP contribution in [0.5, 0.6) is 0 Å².